The minimum atomic E-state index is 0.553. The predicted molar refractivity (Wildman–Crippen MR) is 59.8 cm³/mol. The first-order valence-corrected chi connectivity index (χ1v) is 5.53. The van der Waals surface area contributed by atoms with E-state index in [4.69, 9.17) is 5.73 Å². The van der Waals surface area contributed by atoms with E-state index in [-0.39, 0.29) is 0 Å². The first-order valence-electron chi connectivity index (χ1n) is 5.53. The molecule has 2 heteroatoms. The fraction of sp³-hybridized carbons (Fsp3) is 1.00. The highest BCUT2D eigenvalue weighted by atomic mass is 15.1. The van der Waals surface area contributed by atoms with E-state index in [2.05, 4.69) is 32.7 Å². The van der Waals surface area contributed by atoms with E-state index in [0.717, 1.165) is 6.54 Å². The molecular weight excluding hydrogens is 160 g/mol. The van der Waals surface area contributed by atoms with E-state index in [1.165, 1.54) is 25.8 Å². The van der Waals surface area contributed by atoms with Crippen LogP contribution < -0.4 is 5.73 Å². The molecule has 0 aliphatic carbocycles. The Morgan fingerprint density at radius 3 is 2.23 bits per heavy atom. The van der Waals surface area contributed by atoms with Gasteiger partial charge in [0.15, 0.2) is 0 Å². The summed E-state index contributed by atoms with van der Waals surface area (Å²) in [5.74, 6) is 0.664. The van der Waals surface area contributed by atoms with Crippen LogP contribution >= 0.6 is 0 Å². The lowest BCUT2D eigenvalue weighted by Crippen LogP contribution is -2.42. The SMILES string of the molecule is CCCCCN(C)C(CN)C(C)C. The van der Waals surface area contributed by atoms with Gasteiger partial charge in [-0.15, -0.1) is 0 Å². The second-order valence-corrected chi connectivity index (χ2v) is 4.23. The molecule has 2 N–H and O–H groups in total. The van der Waals surface area contributed by atoms with Gasteiger partial charge >= 0.3 is 0 Å². The molecule has 0 heterocycles. The second-order valence-electron chi connectivity index (χ2n) is 4.23. The molecule has 0 rings (SSSR count). The number of nitrogens with two attached hydrogens (primary N) is 1. The molecule has 1 atom stereocenters. The predicted octanol–water partition coefficient (Wildman–Crippen LogP) is 2.09. The van der Waals surface area contributed by atoms with Gasteiger partial charge in [0.1, 0.15) is 0 Å². The third-order valence-corrected chi connectivity index (χ3v) is 2.69. The summed E-state index contributed by atoms with van der Waals surface area (Å²) in [6, 6.07) is 0.553. The Labute approximate surface area is 83.5 Å². The third kappa shape index (κ3) is 5.27. The molecule has 0 radical (unpaired) electrons. The maximum Gasteiger partial charge on any atom is 0.0238 e. The fourth-order valence-electron chi connectivity index (χ4n) is 1.74. The molecule has 0 saturated carbocycles. The molecule has 2 nitrogen and oxygen atoms in total. The highest BCUT2D eigenvalue weighted by molar-refractivity contribution is 4.72. The largest absolute Gasteiger partial charge is 0.329 e. The lowest BCUT2D eigenvalue weighted by atomic mass is 10.0. The normalized spacial score (nSPS) is 14.1. The third-order valence-electron chi connectivity index (χ3n) is 2.69. The number of hydrogen-bond donors (Lipinski definition) is 1. The number of hydrogen-bond acceptors (Lipinski definition) is 2. The smallest absolute Gasteiger partial charge is 0.0238 e. The summed E-state index contributed by atoms with van der Waals surface area (Å²) in [5, 5.41) is 0. The number of rotatable bonds is 7. The Balaban J connectivity index is 3.70. The summed E-state index contributed by atoms with van der Waals surface area (Å²) >= 11 is 0. The first kappa shape index (κ1) is 12.9. The van der Waals surface area contributed by atoms with Crippen LogP contribution in [0.25, 0.3) is 0 Å². The lowest BCUT2D eigenvalue weighted by molar-refractivity contribution is 0.194. The van der Waals surface area contributed by atoms with Crippen molar-refractivity contribution in [2.75, 3.05) is 20.1 Å². The van der Waals surface area contributed by atoms with Crippen molar-refractivity contribution in [1.82, 2.24) is 4.90 Å². The molecule has 0 aromatic rings. The van der Waals surface area contributed by atoms with Crippen molar-refractivity contribution >= 4 is 0 Å². The summed E-state index contributed by atoms with van der Waals surface area (Å²) in [5.41, 5.74) is 5.74. The summed E-state index contributed by atoms with van der Waals surface area (Å²) in [6.07, 6.45) is 3.93. The van der Waals surface area contributed by atoms with Gasteiger partial charge in [-0.3, -0.25) is 0 Å². The molecule has 0 fully saturated rings. The van der Waals surface area contributed by atoms with E-state index in [0.29, 0.717) is 12.0 Å². The Morgan fingerprint density at radius 2 is 1.85 bits per heavy atom. The van der Waals surface area contributed by atoms with Crippen LogP contribution in [-0.4, -0.2) is 31.1 Å². The van der Waals surface area contributed by atoms with Gasteiger partial charge in [0, 0.05) is 12.6 Å². The van der Waals surface area contributed by atoms with Crippen molar-refractivity contribution < 1.29 is 0 Å². The molecule has 0 aromatic carbocycles. The van der Waals surface area contributed by atoms with Crippen LogP contribution in [0, 0.1) is 5.92 Å². The van der Waals surface area contributed by atoms with Gasteiger partial charge in [0.2, 0.25) is 0 Å². The van der Waals surface area contributed by atoms with E-state index < -0.39 is 0 Å². The molecule has 0 aliphatic heterocycles. The summed E-state index contributed by atoms with van der Waals surface area (Å²) in [6.45, 7) is 8.69. The molecule has 0 aliphatic rings. The Kier molecular flexibility index (Phi) is 7.29. The Hall–Kier alpha value is -0.0800. The standard InChI is InChI=1S/C11H26N2/c1-5-6-7-8-13(4)11(9-12)10(2)3/h10-11H,5-9,12H2,1-4H3. The van der Waals surface area contributed by atoms with Gasteiger partial charge in [-0.2, -0.15) is 0 Å². The minimum Gasteiger partial charge on any atom is -0.329 e. The number of unbranched alkanes of at least 4 members (excludes halogenated alkanes) is 2. The van der Waals surface area contributed by atoms with Gasteiger partial charge < -0.3 is 10.6 Å². The van der Waals surface area contributed by atoms with E-state index in [1.807, 2.05) is 0 Å². The average Bonchev–Trinajstić information content (AvgIpc) is 2.05. The van der Waals surface area contributed by atoms with Gasteiger partial charge in [0.05, 0.1) is 0 Å². The van der Waals surface area contributed by atoms with Crippen LogP contribution in [0.15, 0.2) is 0 Å². The summed E-state index contributed by atoms with van der Waals surface area (Å²) in [4.78, 5) is 2.40. The zero-order chi connectivity index (χ0) is 10.3. The zero-order valence-corrected chi connectivity index (χ0v) is 9.71. The van der Waals surface area contributed by atoms with Gasteiger partial charge in [-0.1, -0.05) is 33.6 Å². The van der Waals surface area contributed by atoms with E-state index in [9.17, 15) is 0 Å². The van der Waals surface area contributed by atoms with Crippen molar-refractivity contribution in [3.05, 3.63) is 0 Å². The molecular formula is C11H26N2. The minimum absolute atomic E-state index is 0.553. The Bertz CT molecular complexity index is 113. The summed E-state index contributed by atoms with van der Waals surface area (Å²) in [7, 11) is 2.19. The van der Waals surface area contributed by atoms with Crippen LogP contribution in [0.1, 0.15) is 40.0 Å². The maximum atomic E-state index is 5.74. The van der Waals surface area contributed by atoms with Crippen LogP contribution in [0.5, 0.6) is 0 Å². The van der Waals surface area contributed by atoms with Crippen LogP contribution in [0.2, 0.25) is 0 Å². The molecule has 0 aromatic heterocycles. The van der Waals surface area contributed by atoms with Crippen molar-refractivity contribution in [1.29, 1.82) is 0 Å². The van der Waals surface area contributed by atoms with Gasteiger partial charge in [-0.25, -0.2) is 0 Å². The quantitative estimate of drug-likeness (QED) is 0.617. The van der Waals surface area contributed by atoms with E-state index >= 15 is 0 Å². The van der Waals surface area contributed by atoms with Crippen molar-refractivity contribution in [2.24, 2.45) is 11.7 Å². The highest BCUT2D eigenvalue weighted by Gasteiger charge is 2.15. The second kappa shape index (κ2) is 7.34. The molecule has 0 spiro atoms. The fourth-order valence-corrected chi connectivity index (χ4v) is 1.74. The lowest BCUT2D eigenvalue weighted by Gasteiger charge is -2.30. The average molecular weight is 186 g/mol. The van der Waals surface area contributed by atoms with Crippen molar-refractivity contribution in [3.63, 3.8) is 0 Å². The molecule has 1 unspecified atom stereocenters. The summed E-state index contributed by atoms with van der Waals surface area (Å²) < 4.78 is 0. The van der Waals surface area contributed by atoms with Gasteiger partial charge in [0.25, 0.3) is 0 Å². The van der Waals surface area contributed by atoms with Crippen LogP contribution in [0.3, 0.4) is 0 Å². The monoisotopic (exact) mass is 186 g/mol. The molecule has 0 bridgehead atoms. The van der Waals surface area contributed by atoms with Crippen LogP contribution in [-0.2, 0) is 0 Å². The Morgan fingerprint density at radius 1 is 1.23 bits per heavy atom. The first-order chi connectivity index (χ1) is 6.13. The van der Waals surface area contributed by atoms with E-state index in [1.54, 1.807) is 0 Å². The zero-order valence-electron chi connectivity index (χ0n) is 9.71. The highest BCUT2D eigenvalue weighted by Crippen LogP contribution is 2.08. The van der Waals surface area contributed by atoms with Gasteiger partial charge in [-0.05, 0) is 25.9 Å². The number of likely N-dealkylation sites (N-methyl/N-ethyl adjacent to an activating group) is 1. The molecule has 13 heavy (non-hydrogen) atoms. The number of nitrogens with zero attached hydrogens (tertiary/aromatic N) is 1. The molecule has 0 amide bonds. The molecule has 0 saturated heterocycles. The van der Waals surface area contributed by atoms with Crippen molar-refractivity contribution in [2.45, 2.75) is 46.1 Å². The van der Waals surface area contributed by atoms with Crippen LogP contribution in [0.4, 0.5) is 0 Å². The molecule has 80 valence electrons. The van der Waals surface area contributed by atoms with Crippen molar-refractivity contribution in [3.8, 4) is 0 Å². The topological polar surface area (TPSA) is 29.3 Å². The maximum absolute atomic E-state index is 5.74.